The second-order valence-corrected chi connectivity index (χ2v) is 9.62. The first kappa shape index (κ1) is 24.5. The first-order chi connectivity index (χ1) is 16.6. The van der Waals surface area contributed by atoms with Crippen molar-refractivity contribution >= 4 is 38.3 Å². The molecule has 0 amide bonds. The molecule has 0 fully saturated rings. The van der Waals surface area contributed by atoms with Crippen molar-refractivity contribution in [3.8, 4) is 17.0 Å². The van der Waals surface area contributed by atoms with Crippen molar-refractivity contribution < 1.29 is 35.9 Å². The molecule has 0 aliphatic rings. The summed E-state index contributed by atoms with van der Waals surface area (Å²) in [6.07, 6.45) is 1.18. The summed E-state index contributed by atoms with van der Waals surface area (Å²) in [5.74, 6) is -5.52. The van der Waals surface area contributed by atoms with Crippen LogP contribution in [0.15, 0.2) is 41.4 Å². The number of aromatic amines is 1. The van der Waals surface area contributed by atoms with Crippen LogP contribution in [0.25, 0.3) is 22.0 Å². The summed E-state index contributed by atoms with van der Waals surface area (Å²) in [7, 11) is -1.94. The second kappa shape index (κ2) is 9.19. The number of nitrogens with one attached hydrogen (secondary N) is 1. The summed E-state index contributed by atoms with van der Waals surface area (Å²) in [4.78, 5) is 15.2. The maximum absolute atomic E-state index is 15.4. The Labute approximate surface area is 201 Å². The third kappa shape index (κ3) is 4.30. The molecule has 0 aliphatic heterocycles. The molecule has 0 saturated carbocycles. The normalized spacial score (nSPS) is 11.6. The number of carbonyl (C=O) groups excluding carboxylic acids is 1. The van der Waals surface area contributed by atoms with Gasteiger partial charge in [-0.25, -0.2) is 31.4 Å². The standard InChI is InChI=1S/C22H15ClF3N3O5S/c1-33-21-15(7-11(23)8-27-21)35(31,32)9-10-3-6-14(24)16(17(10)25)12-4-5-13-19(18(12)26)28-29-20(13)22(30)34-2/h3-8H,9H2,1-2H3,(H,28,29). The second-order valence-electron chi connectivity index (χ2n) is 7.23. The molecule has 0 atom stereocenters. The zero-order valence-electron chi connectivity index (χ0n) is 18.0. The maximum Gasteiger partial charge on any atom is 0.356 e. The Morgan fingerprint density at radius 3 is 2.54 bits per heavy atom. The van der Waals surface area contributed by atoms with E-state index in [1.807, 2.05) is 0 Å². The van der Waals surface area contributed by atoms with Gasteiger partial charge in [0.25, 0.3) is 0 Å². The number of fused-ring (bicyclic) bond motifs is 1. The molecule has 2 aromatic heterocycles. The number of H-pyrrole nitrogens is 1. The first-order valence-corrected chi connectivity index (χ1v) is 11.8. The minimum Gasteiger partial charge on any atom is -0.480 e. The number of esters is 1. The van der Waals surface area contributed by atoms with Gasteiger partial charge in [-0.3, -0.25) is 5.10 Å². The number of nitrogens with zero attached hydrogens (tertiary/aromatic N) is 2. The Morgan fingerprint density at radius 1 is 1.11 bits per heavy atom. The van der Waals surface area contributed by atoms with Gasteiger partial charge in [0, 0.05) is 22.7 Å². The Hall–Kier alpha value is -3.64. The van der Waals surface area contributed by atoms with Gasteiger partial charge in [-0.2, -0.15) is 5.10 Å². The lowest BCUT2D eigenvalue weighted by molar-refractivity contribution is 0.0596. The average Bonchev–Trinajstić information content (AvgIpc) is 3.27. The van der Waals surface area contributed by atoms with Gasteiger partial charge in [-0.15, -0.1) is 0 Å². The summed E-state index contributed by atoms with van der Waals surface area (Å²) in [6, 6.07) is 5.16. The molecular weight excluding hydrogens is 511 g/mol. The number of hydrogen-bond donors (Lipinski definition) is 1. The van der Waals surface area contributed by atoms with Crippen molar-refractivity contribution in [2.45, 2.75) is 10.6 Å². The molecule has 4 rings (SSSR count). The quantitative estimate of drug-likeness (QED) is 0.370. The van der Waals surface area contributed by atoms with Gasteiger partial charge in [0.05, 0.1) is 30.6 Å². The molecule has 2 aromatic carbocycles. The molecule has 2 heterocycles. The molecule has 0 unspecified atom stereocenters. The number of benzene rings is 2. The van der Waals surface area contributed by atoms with Crippen LogP contribution in [0.5, 0.6) is 5.88 Å². The fourth-order valence-corrected chi connectivity index (χ4v) is 5.24. The molecule has 1 N–H and O–H groups in total. The molecule has 0 aliphatic carbocycles. The minimum atomic E-state index is -4.26. The van der Waals surface area contributed by atoms with Crippen LogP contribution < -0.4 is 4.74 Å². The van der Waals surface area contributed by atoms with E-state index in [1.165, 1.54) is 19.4 Å². The Bertz CT molecular complexity index is 1590. The largest absolute Gasteiger partial charge is 0.480 e. The van der Waals surface area contributed by atoms with Gasteiger partial charge >= 0.3 is 5.97 Å². The average molecular weight is 526 g/mol. The van der Waals surface area contributed by atoms with Crippen LogP contribution >= 0.6 is 11.6 Å². The van der Waals surface area contributed by atoms with Crippen molar-refractivity contribution in [2.24, 2.45) is 0 Å². The topological polar surface area (TPSA) is 111 Å². The summed E-state index contributed by atoms with van der Waals surface area (Å²) >= 11 is 5.85. The van der Waals surface area contributed by atoms with E-state index in [-0.39, 0.29) is 27.5 Å². The molecule has 13 heteroatoms. The van der Waals surface area contributed by atoms with Gasteiger partial charge in [0.15, 0.2) is 21.3 Å². The van der Waals surface area contributed by atoms with Crippen molar-refractivity contribution in [1.82, 2.24) is 15.2 Å². The van der Waals surface area contributed by atoms with Gasteiger partial charge in [0.1, 0.15) is 22.0 Å². The molecule has 0 spiro atoms. The lowest BCUT2D eigenvalue weighted by atomic mass is 9.99. The Morgan fingerprint density at radius 2 is 1.86 bits per heavy atom. The molecule has 35 heavy (non-hydrogen) atoms. The van der Waals surface area contributed by atoms with Gasteiger partial charge in [0.2, 0.25) is 5.88 Å². The number of rotatable bonds is 6. The van der Waals surface area contributed by atoms with E-state index in [4.69, 9.17) is 16.3 Å². The SMILES string of the molecule is COC(=O)c1[nH]nc2c(F)c(-c3c(F)ccc(CS(=O)(=O)c4cc(Cl)cnc4OC)c3F)ccc12. The number of aromatic nitrogens is 3. The number of hydrogen-bond acceptors (Lipinski definition) is 7. The summed E-state index contributed by atoms with van der Waals surface area (Å²) in [6.45, 7) is 0. The maximum atomic E-state index is 15.4. The first-order valence-electron chi connectivity index (χ1n) is 9.73. The van der Waals surface area contributed by atoms with Crippen molar-refractivity contribution in [1.29, 1.82) is 0 Å². The molecule has 8 nitrogen and oxygen atoms in total. The highest BCUT2D eigenvalue weighted by Gasteiger charge is 2.27. The fourth-order valence-electron chi connectivity index (χ4n) is 3.52. The highest BCUT2D eigenvalue weighted by Crippen LogP contribution is 2.35. The van der Waals surface area contributed by atoms with Crippen LogP contribution in [-0.2, 0) is 20.3 Å². The molecule has 0 bridgehead atoms. The summed E-state index contributed by atoms with van der Waals surface area (Å²) < 4.78 is 80.9. The zero-order chi connectivity index (χ0) is 25.5. The molecular formula is C22H15ClF3N3O5S. The Kier molecular flexibility index (Phi) is 6.43. The van der Waals surface area contributed by atoms with E-state index >= 15 is 8.78 Å². The van der Waals surface area contributed by atoms with E-state index in [0.717, 1.165) is 31.4 Å². The number of ether oxygens (including phenoxy) is 2. The monoisotopic (exact) mass is 525 g/mol. The highest BCUT2D eigenvalue weighted by molar-refractivity contribution is 7.90. The van der Waals surface area contributed by atoms with Crippen molar-refractivity contribution in [3.05, 3.63) is 70.3 Å². The third-order valence-electron chi connectivity index (χ3n) is 5.15. The minimum absolute atomic E-state index is 0.00495. The number of sulfone groups is 1. The fraction of sp³-hybridized carbons (Fsp3) is 0.136. The van der Waals surface area contributed by atoms with Gasteiger partial charge in [-0.1, -0.05) is 23.7 Å². The molecule has 0 radical (unpaired) electrons. The lowest BCUT2D eigenvalue weighted by Gasteiger charge is -2.13. The summed E-state index contributed by atoms with van der Waals surface area (Å²) in [5.41, 5.74) is -2.24. The van der Waals surface area contributed by atoms with Crippen LogP contribution in [0.1, 0.15) is 16.1 Å². The highest BCUT2D eigenvalue weighted by atomic mass is 35.5. The molecule has 4 aromatic rings. The summed E-state index contributed by atoms with van der Waals surface area (Å²) in [5, 5.41) is 6.08. The number of halogens is 4. The van der Waals surface area contributed by atoms with E-state index in [0.29, 0.717) is 0 Å². The third-order valence-corrected chi connectivity index (χ3v) is 7.01. The molecule has 0 saturated heterocycles. The van der Waals surface area contributed by atoms with E-state index in [9.17, 15) is 17.6 Å². The smallest absolute Gasteiger partial charge is 0.356 e. The van der Waals surface area contributed by atoms with E-state index in [1.54, 1.807) is 0 Å². The predicted molar refractivity (Wildman–Crippen MR) is 119 cm³/mol. The van der Waals surface area contributed by atoms with Crippen LogP contribution in [0.4, 0.5) is 13.2 Å². The Balaban J connectivity index is 1.82. The van der Waals surface area contributed by atoms with E-state index in [2.05, 4.69) is 19.9 Å². The molecule has 182 valence electrons. The number of pyridine rings is 1. The van der Waals surface area contributed by atoms with Crippen LogP contribution in [0, 0.1) is 17.5 Å². The van der Waals surface area contributed by atoms with Crippen LogP contribution in [-0.4, -0.2) is 43.8 Å². The van der Waals surface area contributed by atoms with E-state index < -0.39 is 60.6 Å². The van der Waals surface area contributed by atoms with Crippen molar-refractivity contribution in [2.75, 3.05) is 14.2 Å². The van der Waals surface area contributed by atoms with Crippen LogP contribution in [0.3, 0.4) is 0 Å². The lowest BCUT2D eigenvalue weighted by Crippen LogP contribution is -2.10. The van der Waals surface area contributed by atoms with Crippen LogP contribution in [0.2, 0.25) is 5.02 Å². The van der Waals surface area contributed by atoms with Gasteiger partial charge in [-0.05, 0) is 18.2 Å². The zero-order valence-corrected chi connectivity index (χ0v) is 19.6. The predicted octanol–water partition coefficient (Wildman–Crippen LogP) is 4.46. The number of methoxy groups -OCH3 is 2. The van der Waals surface area contributed by atoms with Gasteiger partial charge < -0.3 is 9.47 Å². The van der Waals surface area contributed by atoms with Crippen molar-refractivity contribution in [3.63, 3.8) is 0 Å². The number of carbonyl (C=O) groups is 1.